The highest BCUT2D eigenvalue weighted by Gasteiger charge is 2.30. The Morgan fingerprint density at radius 2 is 1.78 bits per heavy atom. The van der Waals surface area contributed by atoms with Gasteiger partial charge in [-0.2, -0.15) is 13.2 Å². The number of ether oxygens (including phenoxy) is 2. The predicted octanol–water partition coefficient (Wildman–Crippen LogP) is 6.25. The molecule has 0 aliphatic rings. The number of halogens is 3. The van der Waals surface area contributed by atoms with Crippen LogP contribution in [-0.4, -0.2) is 29.3 Å². The summed E-state index contributed by atoms with van der Waals surface area (Å²) in [5.41, 5.74) is 1.99. The van der Waals surface area contributed by atoms with E-state index in [1.54, 1.807) is 18.2 Å². The smallest absolute Gasteiger partial charge is 0.416 e. The molecule has 0 saturated heterocycles. The Morgan fingerprint density at radius 3 is 2.28 bits per heavy atom. The van der Waals surface area contributed by atoms with Crippen LogP contribution in [0, 0.1) is 6.92 Å². The molecule has 9 heteroatoms. The molecule has 0 spiro atoms. The SMILES string of the molecule is CCOc1ccc(OCC(=O)O)cc1C.CCc1csc(-c2ccc(C(F)(F)F)cc2)n1. The van der Waals surface area contributed by atoms with Crippen molar-refractivity contribution in [2.75, 3.05) is 13.2 Å². The monoisotopic (exact) mass is 467 g/mol. The third-order valence-corrected chi connectivity index (χ3v) is 5.12. The topological polar surface area (TPSA) is 68.7 Å². The fourth-order valence-corrected chi connectivity index (χ4v) is 3.49. The van der Waals surface area contributed by atoms with Crippen LogP contribution in [-0.2, 0) is 17.4 Å². The standard InChI is InChI=1S/C12H10F3NS.C11H14O4/c1-2-10-7-17-11(16-10)8-3-5-9(6-4-8)12(13,14)15;1-3-14-10-5-4-9(6-8(10)2)15-7-11(12)13/h3-7H,2H2,1H3;4-6H,3,7H2,1-2H3,(H,12,13). The molecule has 3 rings (SSSR count). The minimum absolute atomic E-state index is 0.326. The second kappa shape index (κ2) is 11.5. The Labute approximate surface area is 188 Å². The molecule has 172 valence electrons. The van der Waals surface area contributed by atoms with E-state index in [4.69, 9.17) is 14.6 Å². The van der Waals surface area contributed by atoms with Gasteiger partial charge in [0, 0.05) is 10.9 Å². The van der Waals surface area contributed by atoms with Gasteiger partial charge in [-0.1, -0.05) is 19.1 Å². The lowest BCUT2D eigenvalue weighted by atomic mass is 10.1. The van der Waals surface area contributed by atoms with E-state index in [1.165, 1.54) is 23.5 Å². The molecule has 1 heterocycles. The van der Waals surface area contributed by atoms with Gasteiger partial charge in [0.25, 0.3) is 0 Å². The summed E-state index contributed by atoms with van der Waals surface area (Å²) in [4.78, 5) is 14.6. The Hall–Kier alpha value is -3.07. The number of nitrogens with zero attached hydrogens (tertiary/aromatic N) is 1. The first-order valence-electron chi connectivity index (χ1n) is 9.84. The van der Waals surface area contributed by atoms with Crippen molar-refractivity contribution >= 4 is 17.3 Å². The summed E-state index contributed by atoms with van der Waals surface area (Å²) in [6.07, 6.45) is -3.45. The number of thiazole rings is 1. The number of carboxylic acids is 1. The molecule has 32 heavy (non-hydrogen) atoms. The number of aryl methyl sites for hydroxylation is 2. The van der Waals surface area contributed by atoms with Crippen LogP contribution in [0.1, 0.15) is 30.7 Å². The largest absolute Gasteiger partial charge is 0.494 e. The number of benzene rings is 2. The molecule has 2 aromatic carbocycles. The van der Waals surface area contributed by atoms with Crippen molar-refractivity contribution < 1.29 is 32.5 Å². The normalized spacial score (nSPS) is 10.8. The maximum atomic E-state index is 12.4. The van der Waals surface area contributed by atoms with E-state index in [1.807, 2.05) is 26.2 Å². The van der Waals surface area contributed by atoms with Gasteiger partial charge in [-0.3, -0.25) is 0 Å². The second-order valence-corrected chi connectivity index (χ2v) is 7.47. The van der Waals surface area contributed by atoms with Crippen LogP contribution in [0.5, 0.6) is 11.5 Å². The highest BCUT2D eigenvalue weighted by molar-refractivity contribution is 7.13. The van der Waals surface area contributed by atoms with Gasteiger partial charge >= 0.3 is 12.1 Å². The number of alkyl halides is 3. The molecule has 0 aliphatic carbocycles. The lowest BCUT2D eigenvalue weighted by Gasteiger charge is -2.09. The van der Waals surface area contributed by atoms with E-state index in [9.17, 15) is 18.0 Å². The van der Waals surface area contributed by atoms with E-state index in [0.29, 0.717) is 12.4 Å². The first-order valence-corrected chi connectivity index (χ1v) is 10.7. The summed E-state index contributed by atoms with van der Waals surface area (Å²) in [7, 11) is 0. The van der Waals surface area contributed by atoms with E-state index < -0.39 is 17.7 Å². The van der Waals surface area contributed by atoms with Gasteiger partial charge in [0.05, 0.1) is 17.9 Å². The third kappa shape index (κ3) is 7.56. The molecule has 0 aliphatic heterocycles. The number of carboxylic acid groups (broad SMARTS) is 1. The van der Waals surface area contributed by atoms with Crippen LogP contribution in [0.15, 0.2) is 47.8 Å². The molecule has 0 atom stereocenters. The Bertz CT molecular complexity index is 1020. The average molecular weight is 468 g/mol. The van der Waals surface area contributed by atoms with E-state index in [2.05, 4.69) is 4.98 Å². The van der Waals surface area contributed by atoms with Crippen LogP contribution < -0.4 is 9.47 Å². The number of hydrogen-bond acceptors (Lipinski definition) is 5. The van der Waals surface area contributed by atoms with Gasteiger partial charge in [-0.25, -0.2) is 9.78 Å². The van der Waals surface area contributed by atoms with Crippen LogP contribution in [0.3, 0.4) is 0 Å². The maximum absolute atomic E-state index is 12.4. The van der Waals surface area contributed by atoms with Crippen molar-refractivity contribution in [2.45, 2.75) is 33.4 Å². The maximum Gasteiger partial charge on any atom is 0.416 e. The minimum Gasteiger partial charge on any atom is -0.494 e. The Balaban J connectivity index is 0.000000229. The van der Waals surface area contributed by atoms with Crippen LogP contribution in [0.4, 0.5) is 13.2 Å². The molecule has 0 radical (unpaired) electrons. The highest BCUT2D eigenvalue weighted by Crippen LogP contribution is 2.31. The highest BCUT2D eigenvalue weighted by atomic mass is 32.1. The summed E-state index contributed by atoms with van der Waals surface area (Å²) in [5, 5.41) is 11.1. The summed E-state index contributed by atoms with van der Waals surface area (Å²) in [6, 6.07) is 10.3. The van der Waals surface area contributed by atoms with Crippen molar-refractivity contribution in [3.05, 3.63) is 64.7 Å². The first kappa shape index (κ1) is 25.2. The zero-order valence-corrected chi connectivity index (χ0v) is 18.7. The van der Waals surface area contributed by atoms with Gasteiger partial charge < -0.3 is 14.6 Å². The number of hydrogen-bond donors (Lipinski definition) is 1. The lowest BCUT2D eigenvalue weighted by Crippen LogP contribution is -2.09. The van der Waals surface area contributed by atoms with Crippen molar-refractivity contribution in [1.29, 1.82) is 0 Å². The Kier molecular flexibility index (Phi) is 9.07. The Morgan fingerprint density at radius 1 is 1.09 bits per heavy atom. The summed E-state index contributed by atoms with van der Waals surface area (Å²) < 4.78 is 47.5. The molecular weight excluding hydrogens is 443 g/mol. The van der Waals surface area contributed by atoms with Gasteiger partial charge in [0.15, 0.2) is 6.61 Å². The molecule has 1 N–H and O–H groups in total. The van der Waals surface area contributed by atoms with Gasteiger partial charge in [0.1, 0.15) is 16.5 Å². The minimum atomic E-state index is -4.28. The summed E-state index contributed by atoms with van der Waals surface area (Å²) >= 11 is 1.45. The molecule has 3 aromatic rings. The van der Waals surface area contributed by atoms with Crippen LogP contribution >= 0.6 is 11.3 Å². The fourth-order valence-electron chi connectivity index (χ4n) is 2.58. The number of aromatic nitrogens is 1. The van der Waals surface area contributed by atoms with Gasteiger partial charge in [0.2, 0.25) is 0 Å². The van der Waals surface area contributed by atoms with Crippen molar-refractivity contribution in [2.24, 2.45) is 0 Å². The van der Waals surface area contributed by atoms with Crippen LogP contribution in [0.25, 0.3) is 10.6 Å². The molecule has 0 amide bonds. The van der Waals surface area contributed by atoms with Crippen molar-refractivity contribution in [1.82, 2.24) is 4.98 Å². The van der Waals surface area contributed by atoms with E-state index >= 15 is 0 Å². The van der Waals surface area contributed by atoms with Crippen molar-refractivity contribution in [3.63, 3.8) is 0 Å². The first-order chi connectivity index (χ1) is 15.1. The van der Waals surface area contributed by atoms with Gasteiger partial charge in [-0.05, 0) is 56.2 Å². The predicted molar refractivity (Wildman–Crippen MR) is 117 cm³/mol. The quantitative estimate of drug-likeness (QED) is 0.445. The average Bonchev–Trinajstić information content (AvgIpc) is 3.23. The van der Waals surface area contributed by atoms with Crippen molar-refractivity contribution in [3.8, 4) is 22.1 Å². The fraction of sp³-hybridized carbons (Fsp3) is 0.304. The lowest BCUT2D eigenvalue weighted by molar-refractivity contribution is -0.139. The van der Waals surface area contributed by atoms with Gasteiger partial charge in [-0.15, -0.1) is 11.3 Å². The second-order valence-electron chi connectivity index (χ2n) is 6.62. The number of aliphatic carboxylic acids is 1. The zero-order valence-electron chi connectivity index (χ0n) is 17.9. The third-order valence-electron chi connectivity index (χ3n) is 4.18. The molecule has 0 fully saturated rings. The molecule has 1 aromatic heterocycles. The van der Waals surface area contributed by atoms with E-state index in [-0.39, 0.29) is 6.61 Å². The van der Waals surface area contributed by atoms with Crippen LogP contribution in [0.2, 0.25) is 0 Å². The summed E-state index contributed by atoms with van der Waals surface area (Å²) in [6.45, 7) is 6.07. The molecule has 5 nitrogen and oxygen atoms in total. The number of carbonyl (C=O) groups is 1. The van der Waals surface area contributed by atoms with E-state index in [0.717, 1.165) is 46.1 Å². The molecule has 0 unspecified atom stereocenters. The molecule has 0 saturated carbocycles. The number of rotatable bonds is 7. The summed E-state index contributed by atoms with van der Waals surface area (Å²) in [5.74, 6) is 0.347. The zero-order chi connectivity index (χ0) is 23.7. The molecule has 0 bridgehead atoms. The molecular formula is C23H24F3NO4S.